The van der Waals surface area contributed by atoms with E-state index in [2.05, 4.69) is 13.1 Å². The van der Waals surface area contributed by atoms with Crippen molar-refractivity contribution in [1.29, 1.82) is 0 Å². The lowest BCUT2D eigenvalue weighted by Gasteiger charge is -2.18. The highest BCUT2D eigenvalue weighted by Gasteiger charge is 2.41. The molecule has 1 aliphatic rings. The molecule has 4 atom stereocenters. The first-order chi connectivity index (χ1) is 14.4. The Morgan fingerprint density at radius 3 is 2.28 bits per heavy atom. The summed E-state index contributed by atoms with van der Waals surface area (Å²) in [6.07, 6.45) is -6.18. The summed E-state index contributed by atoms with van der Waals surface area (Å²) in [4.78, 5) is 60.5. The molecule has 2 heterocycles. The molecule has 0 spiro atoms. The molecule has 32 heavy (non-hydrogen) atoms. The van der Waals surface area contributed by atoms with Crippen LogP contribution in [-0.2, 0) is 38.1 Å². The van der Waals surface area contributed by atoms with Gasteiger partial charge in [0, 0.05) is 6.20 Å². The molecule has 2 rings (SSSR count). The Labute approximate surface area is 175 Å². The van der Waals surface area contributed by atoms with E-state index in [0.717, 1.165) is 0 Å². The van der Waals surface area contributed by atoms with Gasteiger partial charge in [0.15, 0.2) is 0 Å². The summed E-state index contributed by atoms with van der Waals surface area (Å²) in [5.41, 5.74) is -2.63. The standard InChI is InChI=1S/C11H16F3N2O13P3/c12-11(13,14)5-16-3-7(9(17)15-10(16)18)8-2-1-6(27-8)4-26-31(22,23)29-32(24,25)28-30(19,20)21/h3,6,8H,1-2,4-5H2,(H,22,23)(H,24,25)(H,15,17,18)(H2,19,20,21)/t6-,8+/m0/s1. The van der Waals surface area contributed by atoms with E-state index >= 15 is 0 Å². The minimum absolute atomic E-state index is 0.0255. The monoisotopic (exact) mass is 534 g/mol. The Balaban J connectivity index is 2.03. The van der Waals surface area contributed by atoms with Gasteiger partial charge in [-0.3, -0.25) is 18.9 Å². The summed E-state index contributed by atoms with van der Waals surface area (Å²) in [6.45, 7) is -2.46. The predicted molar refractivity (Wildman–Crippen MR) is 94.0 cm³/mol. The molecule has 0 aromatic carbocycles. The highest BCUT2D eigenvalue weighted by molar-refractivity contribution is 7.66. The number of nitrogens with zero attached hydrogens (tertiary/aromatic N) is 1. The third kappa shape index (κ3) is 8.65. The van der Waals surface area contributed by atoms with Crippen molar-refractivity contribution in [1.82, 2.24) is 9.55 Å². The number of hydrogen-bond acceptors (Lipinski definition) is 9. The van der Waals surface area contributed by atoms with Crippen molar-refractivity contribution >= 4 is 23.5 Å². The fraction of sp³-hybridized carbons (Fsp3) is 0.636. The second-order valence-electron chi connectivity index (χ2n) is 6.30. The Hall–Kier alpha value is -1.16. The summed E-state index contributed by atoms with van der Waals surface area (Å²) in [6, 6.07) is 0. The normalized spacial score (nSPS) is 23.6. The van der Waals surface area contributed by atoms with Crippen LogP contribution in [0.2, 0.25) is 0 Å². The average Bonchev–Trinajstić information content (AvgIpc) is 3.00. The Bertz CT molecular complexity index is 1100. The van der Waals surface area contributed by atoms with E-state index in [1.165, 1.54) is 0 Å². The molecule has 21 heteroatoms. The van der Waals surface area contributed by atoms with Crippen LogP contribution in [0.4, 0.5) is 13.2 Å². The Morgan fingerprint density at radius 1 is 1.09 bits per heavy atom. The maximum absolute atomic E-state index is 12.6. The lowest BCUT2D eigenvalue weighted by molar-refractivity contribution is -0.141. The molecule has 1 aliphatic heterocycles. The third-order valence-electron chi connectivity index (χ3n) is 3.68. The van der Waals surface area contributed by atoms with Crippen molar-refractivity contribution in [3.05, 3.63) is 32.6 Å². The van der Waals surface area contributed by atoms with Crippen molar-refractivity contribution in [2.45, 2.75) is 37.8 Å². The van der Waals surface area contributed by atoms with Crippen LogP contribution in [0.5, 0.6) is 0 Å². The summed E-state index contributed by atoms with van der Waals surface area (Å²) in [5.74, 6) is 0. The molecule has 1 aromatic heterocycles. The van der Waals surface area contributed by atoms with Crippen molar-refractivity contribution in [3.63, 3.8) is 0 Å². The molecular formula is C11H16F3N2O13P3. The number of phosphoric acid groups is 3. The van der Waals surface area contributed by atoms with E-state index in [9.17, 15) is 41.3 Å². The zero-order valence-corrected chi connectivity index (χ0v) is 18.1. The van der Waals surface area contributed by atoms with Crippen molar-refractivity contribution in [3.8, 4) is 0 Å². The highest BCUT2D eigenvalue weighted by atomic mass is 31.3. The number of hydrogen-bond donors (Lipinski definition) is 5. The van der Waals surface area contributed by atoms with Crippen LogP contribution in [0.3, 0.4) is 0 Å². The van der Waals surface area contributed by atoms with Gasteiger partial charge in [0.2, 0.25) is 0 Å². The minimum Gasteiger partial charge on any atom is -0.368 e. The van der Waals surface area contributed by atoms with Gasteiger partial charge in [-0.2, -0.15) is 21.8 Å². The number of rotatable bonds is 9. The van der Waals surface area contributed by atoms with E-state index < -0.39 is 66.3 Å². The zero-order chi connectivity index (χ0) is 24.5. The third-order valence-corrected chi connectivity index (χ3v) is 7.48. The van der Waals surface area contributed by atoms with Crippen LogP contribution in [0.15, 0.2) is 15.8 Å². The molecule has 1 fully saturated rings. The number of alkyl halides is 3. The second kappa shape index (κ2) is 9.60. The first-order valence-electron chi connectivity index (χ1n) is 8.20. The maximum Gasteiger partial charge on any atom is 0.490 e. The maximum atomic E-state index is 12.6. The van der Waals surface area contributed by atoms with Gasteiger partial charge in [-0.1, -0.05) is 0 Å². The average molecular weight is 534 g/mol. The van der Waals surface area contributed by atoms with Gasteiger partial charge >= 0.3 is 35.3 Å². The first kappa shape index (κ1) is 27.1. The van der Waals surface area contributed by atoms with E-state index in [-0.39, 0.29) is 23.0 Å². The molecule has 1 saturated heterocycles. The largest absolute Gasteiger partial charge is 0.490 e. The fourth-order valence-electron chi connectivity index (χ4n) is 2.60. The van der Waals surface area contributed by atoms with E-state index in [1.807, 2.05) is 0 Å². The smallest absolute Gasteiger partial charge is 0.368 e. The summed E-state index contributed by atoms with van der Waals surface area (Å²) >= 11 is 0. The van der Waals surface area contributed by atoms with Gasteiger partial charge in [0.1, 0.15) is 6.54 Å². The quantitative estimate of drug-likeness (QED) is 0.275. The van der Waals surface area contributed by atoms with Crippen LogP contribution in [-0.4, -0.2) is 48.0 Å². The molecule has 15 nitrogen and oxygen atoms in total. The van der Waals surface area contributed by atoms with Crippen LogP contribution in [0.1, 0.15) is 24.5 Å². The molecule has 0 amide bonds. The highest BCUT2D eigenvalue weighted by Crippen LogP contribution is 2.66. The van der Waals surface area contributed by atoms with Crippen molar-refractivity contribution in [2.75, 3.05) is 6.61 Å². The van der Waals surface area contributed by atoms with E-state index in [0.29, 0.717) is 6.20 Å². The lowest BCUT2D eigenvalue weighted by Crippen LogP contribution is -2.36. The van der Waals surface area contributed by atoms with Crippen molar-refractivity contribution < 1.29 is 64.3 Å². The molecule has 1 aromatic rings. The molecular weight excluding hydrogens is 518 g/mol. The Kier molecular flexibility index (Phi) is 8.13. The van der Waals surface area contributed by atoms with Gasteiger partial charge in [0.05, 0.1) is 24.4 Å². The Morgan fingerprint density at radius 2 is 1.72 bits per heavy atom. The lowest BCUT2D eigenvalue weighted by atomic mass is 10.1. The SMILES string of the molecule is O=c1[nH]c(=O)n(CC(F)(F)F)cc1[C@H]1CC[C@@H](COP(=O)(O)OP(=O)(O)OP(=O)(O)O)O1. The molecule has 5 N–H and O–H groups in total. The van der Waals surface area contributed by atoms with Gasteiger partial charge in [-0.05, 0) is 12.8 Å². The number of halogens is 3. The molecule has 0 aliphatic carbocycles. The van der Waals surface area contributed by atoms with Crippen LogP contribution >= 0.6 is 23.5 Å². The number of aromatic nitrogens is 2. The van der Waals surface area contributed by atoms with E-state index in [4.69, 9.17) is 19.4 Å². The van der Waals surface area contributed by atoms with Gasteiger partial charge in [-0.15, -0.1) is 0 Å². The van der Waals surface area contributed by atoms with Gasteiger partial charge in [-0.25, -0.2) is 18.5 Å². The molecule has 184 valence electrons. The molecule has 0 radical (unpaired) electrons. The molecule has 0 saturated carbocycles. The van der Waals surface area contributed by atoms with Crippen LogP contribution in [0.25, 0.3) is 0 Å². The zero-order valence-electron chi connectivity index (χ0n) is 15.4. The van der Waals surface area contributed by atoms with Crippen molar-refractivity contribution in [2.24, 2.45) is 0 Å². The van der Waals surface area contributed by atoms with Crippen LogP contribution < -0.4 is 11.2 Å². The summed E-state index contributed by atoms with van der Waals surface area (Å²) in [5, 5.41) is 0. The fourth-order valence-corrected chi connectivity index (χ4v) is 5.65. The predicted octanol–water partition coefficient (Wildman–Crippen LogP) is 0.662. The van der Waals surface area contributed by atoms with Gasteiger partial charge in [0.25, 0.3) is 5.56 Å². The number of H-pyrrole nitrogens is 1. The summed E-state index contributed by atoms with van der Waals surface area (Å²) in [7, 11) is -16.7. The van der Waals surface area contributed by atoms with E-state index in [1.54, 1.807) is 4.98 Å². The number of ether oxygens (including phenoxy) is 1. The number of nitrogens with one attached hydrogen (secondary N) is 1. The number of aromatic amines is 1. The molecule has 0 bridgehead atoms. The first-order valence-corrected chi connectivity index (χ1v) is 12.7. The topological polar surface area (TPSA) is 224 Å². The molecule has 2 unspecified atom stereocenters. The number of phosphoric ester groups is 1. The second-order valence-corrected chi connectivity index (χ2v) is 10.7. The van der Waals surface area contributed by atoms with Crippen LogP contribution in [0, 0.1) is 0 Å². The summed E-state index contributed by atoms with van der Waals surface area (Å²) < 4.78 is 88.2. The van der Waals surface area contributed by atoms with Gasteiger partial charge < -0.3 is 24.3 Å². The minimum atomic E-state index is -5.70.